The molecule has 0 spiro atoms. The third-order valence-electron chi connectivity index (χ3n) is 4.18. The zero-order valence-corrected chi connectivity index (χ0v) is 14.3. The quantitative estimate of drug-likeness (QED) is 0.551. The highest BCUT2D eigenvalue weighted by Gasteiger charge is 2.27. The van der Waals surface area contributed by atoms with Gasteiger partial charge in [-0.05, 0) is 71.9 Å². The molecule has 0 heterocycles. The second kappa shape index (κ2) is 10.6. The highest BCUT2D eigenvalue weighted by Crippen LogP contribution is 2.26. The summed E-state index contributed by atoms with van der Waals surface area (Å²) >= 11 is 0. The van der Waals surface area contributed by atoms with Crippen LogP contribution in [-0.2, 0) is 0 Å². The second-order valence-corrected chi connectivity index (χ2v) is 6.28. The van der Waals surface area contributed by atoms with Gasteiger partial charge in [-0.2, -0.15) is 0 Å². The van der Waals surface area contributed by atoms with Gasteiger partial charge in [-0.15, -0.1) is 0 Å². The molecular weight excluding hydrogens is 234 g/mol. The van der Waals surface area contributed by atoms with Gasteiger partial charge in [0.1, 0.15) is 0 Å². The summed E-state index contributed by atoms with van der Waals surface area (Å²) in [6.07, 6.45) is 5.01. The fourth-order valence-corrected chi connectivity index (χ4v) is 2.62. The molecule has 0 saturated heterocycles. The van der Waals surface area contributed by atoms with Crippen molar-refractivity contribution in [3.8, 4) is 0 Å². The van der Waals surface area contributed by atoms with E-state index in [1.807, 2.05) is 0 Å². The van der Waals surface area contributed by atoms with Crippen LogP contribution >= 0.6 is 0 Å². The van der Waals surface area contributed by atoms with Crippen LogP contribution < -0.4 is 5.32 Å². The molecule has 116 valence electrons. The molecule has 3 nitrogen and oxygen atoms in total. The van der Waals surface area contributed by atoms with Gasteiger partial charge in [0.25, 0.3) is 0 Å². The average molecular weight is 271 g/mol. The maximum absolute atomic E-state index is 3.62. The van der Waals surface area contributed by atoms with Gasteiger partial charge in [-0.25, -0.2) is 0 Å². The van der Waals surface area contributed by atoms with Crippen molar-refractivity contribution in [1.29, 1.82) is 0 Å². The summed E-state index contributed by atoms with van der Waals surface area (Å²) in [5.41, 5.74) is 0.446. The molecule has 0 bridgehead atoms. The van der Waals surface area contributed by atoms with Crippen molar-refractivity contribution < 1.29 is 0 Å². The summed E-state index contributed by atoms with van der Waals surface area (Å²) in [5.74, 6) is 0. The molecule has 0 radical (unpaired) electrons. The smallest absolute Gasteiger partial charge is 0.00469 e. The van der Waals surface area contributed by atoms with Gasteiger partial charge in [0.05, 0.1) is 0 Å². The first kappa shape index (κ1) is 18.9. The van der Waals surface area contributed by atoms with Crippen LogP contribution in [0.1, 0.15) is 46.5 Å². The first-order chi connectivity index (χ1) is 8.99. The van der Waals surface area contributed by atoms with E-state index >= 15 is 0 Å². The topological polar surface area (TPSA) is 18.5 Å². The molecule has 0 rings (SSSR count). The molecule has 0 atom stereocenters. The Morgan fingerprint density at radius 2 is 1.58 bits per heavy atom. The van der Waals surface area contributed by atoms with Crippen molar-refractivity contribution in [2.75, 3.05) is 53.9 Å². The molecule has 3 heteroatoms. The highest BCUT2D eigenvalue weighted by molar-refractivity contribution is 4.82. The lowest BCUT2D eigenvalue weighted by Gasteiger charge is -2.36. The van der Waals surface area contributed by atoms with Crippen LogP contribution in [0.4, 0.5) is 0 Å². The molecule has 0 aliphatic heterocycles. The molecule has 0 aliphatic rings. The van der Waals surface area contributed by atoms with Gasteiger partial charge < -0.3 is 15.1 Å². The fourth-order valence-electron chi connectivity index (χ4n) is 2.62. The largest absolute Gasteiger partial charge is 0.316 e. The third-order valence-corrected chi connectivity index (χ3v) is 4.18. The monoisotopic (exact) mass is 271 g/mol. The van der Waals surface area contributed by atoms with Crippen molar-refractivity contribution >= 4 is 0 Å². The normalized spacial score (nSPS) is 12.6. The Kier molecular flexibility index (Phi) is 10.6. The van der Waals surface area contributed by atoms with Gasteiger partial charge in [-0.3, -0.25) is 0 Å². The highest BCUT2D eigenvalue weighted by atomic mass is 15.1. The van der Waals surface area contributed by atoms with E-state index < -0.39 is 0 Å². The van der Waals surface area contributed by atoms with Gasteiger partial charge >= 0.3 is 0 Å². The van der Waals surface area contributed by atoms with Crippen molar-refractivity contribution in [3.63, 3.8) is 0 Å². The van der Waals surface area contributed by atoms with Crippen molar-refractivity contribution in [2.24, 2.45) is 5.41 Å². The molecule has 19 heavy (non-hydrogen) atoms. The first-order valence-electron chi connectivity index (χ1n) is 8.03. The number of hydrogen-bond donors (Lipinski definition) is 1. The Labute approximate surface area is 121 Å². The van der Waals surface area contributed by atoms with Gasteiger partial charge in [-0.1, -0.05) is 20.8 Å². The summed E-state index contributed by atoms with van der Waals surface area (Å²) in [5, 5.41) is 3.62. The van der Waals surface area contributed by atoms with Crippen LogP contribution in [0.2, 0.25) is 0 Å². The summed E-state index contributed by atoms with van der Waals surface area (Å²) in [6.45, 7) is 12.8. The molecule has 0 aromatic carbocycles. The van der Waals surface area contributed by atoms with Crippen molar-refractivity contribution in [1.82, 2.24) is 15.1 Å². The van der Waals surface area contributed by atoms with E-state index in [2.05, 4.69) is 57.0 Å². The van der Waals surface area contributed by atoms with Gasteiger partial charge in [0.15, 0.2) is 0 Å². The SMILES string of the molecule is CCCNCC(CC)(CC)CN(C)CCCN(C)C. The number of rotatable bonds is 12. The minimum atomic E-state index is 0.446. The van der Waals surface area contributed by atoms with Crippen LogP contribution in [0, 0.1) is 5.41 Å². The Balaban J connectivity index is 4.15. The molecule has 0 saturated carbocycles. The standard InChI is InChI=1S/C16H37N3/c1-7-11-17-14-16(8-2,9-3)15-19(6)13-10-12-18(4)5/h17H,7-15H2,1-6H3. The van der Waals surface area contributed by atoms with E-state index in [9.17, 15) is 0 Å². The van der Waals surface area contributed by atoms with Crippen molar-refractivity contribution in [2.45, 2.75) is 46.5 Å². The summed E-state index contributed by atoms with van der Waals surface area (Å²) in [6, 6.07) is 0. The van der Waals surface area contributed by atoms with Crippen LogP contribution in [0.25, 0.3) is 0 Å². The Morgan fingerprint density at radius 3 is 2.05 bits per heavy atom. The Hall–Kier alpha value is -0.120. The molecule has 0 fully saturated rings. The summed E-state index contributed by atoms with van der Waals surface area (Å²) in [4.78, 5) is 4.79. The first-order valence-corrected chi connectivity index (χ1v) is 8.03. The Morgan fingerprint density at radius 1 is 0.947 bits per heavy atom. The van der Waals surface area contributed by atoms with E-state index in [0.29, 0.717) is 5.41 Å². The van der Waals surface area contributed by atoms with Crippen LogP contribution in [-0.4, -0.2) is 63.7 Å². The maximum atomic E-state index is 3.62. The van der Waals surface area contributed by atoms with Crippen molar-refractivity contribution in [3.05, 3.63) is 0 Å². The predicted octanol–water partition coefficient (Wildman–Crippen LogP) is 2.68. The van der Waals surface area contributed by atoms with Crippen LogP contribution in [0.5, 0.6) is 0 Å². The molecule has 1 N–H and O–H groups in total. The van der Waals surface area contributed by atoms with Gasteiger partial charge in [0, 0.05) is 13.1 Å². The molecule has 0 aromatic rings. The number of nitrogens with one attached hydrogen (secondary N) is 1. The molecule has 0 aliphatic carbocycles. The zero-order valence-electron chi connectivity index (χ0n) is 14.3. The van der Waals surface area contributed by atoms with E-state index in [1.54, 1.807) is 0 Å². The molecular formula is C16H37N3. The molecule has 0 aromatic heterocycles. The average Bonchev–Trinajstić information content (AvgIpc) is 2.37. The van der Waals surface area contributed by atoms with E-state index in [0.717, 1.165) is 13.1 Å². The Bertz CT molecular complexity index is 200. The minimum absolute atomic E-state index is 0.446. The van der Waals surface area contributed by atoms with Gasteiger partial charge in [0.2, 0.25) is 0 Å². The lowest BCUT2D eigenvalue weighted by Crippen LogP contribution is -2.43. The van der Waals surface area contributed by atoms with E-state index in [1.165, 1.54) is 45.3 Å². The lowest BCUT2D eigenvalue weighted by molar-refractivity contribution is 0.152. The lowest BCUT2D eigenvalue weighted by atomic mass is 9.81. The predicted molar refractivity (Wildman–Crippen MR) is 86.8 cm³/mol. The minimum Gasteiger partial charge on any atom is -0.316 e. The molecule has 0 amide bonds. The van der Waals surface area contributed by atoms with Crippen LogP contribution in [0.3, 0.4) is 0 Å². The number of hydrogen-bond acceptors (Lipinski definition) is 3. The van der Waals surface area contributed by atoms with E-state index in [4.69, 9.17) is 0 Å². The third kappa shape index (κ3) is 8.61. The second-order valence-electron chi connectivity index (χ2n) is 6.28. The van der Waals surface area contributed by atoms with Crippen LogP contribution in [0.15, 0.2) is 0 Å². The summed E-state index contributed by atoms with van der Waals surface area (Å²) < 4.78 is 0. The zero-order chi connectivity index (χ0) is 14.7. The number of nitrogens with zero attached hydrogens (tertiary/aromatic N) is 2. The fraction of sp³-hybridized carbons (Fsp3) is 1.00. The maximum Gasteiger partial charge on any atom is 0.00469 e. The van der Waals surface area contributed by atoms with E-state index in [-0.39, 0.29) is 0 Å². The summed E-state index contributed by atoms with van der Waals surface area (Å²) in [7, 11) is 6.57. The molecule has 0 unspecified atom stereocenters.